The summed E-state index contributed by atoms with van der Waals surface area (Å²) < 4.78 is 12.4. The Morgan fingerprint density at radius 1 is 0.489 bits per heavy atom. The molecule has 0 radical (unpaired) electrons. The lowest BCUT2D eigenvalue weighted by Crippen LogP contribution is -2.74. The molecule has 4 unspecified atom stereocenters. The minimum atomic E-state index is -0.0902. The van der Waals surface area contributed by atoms with E-state index in [0.29, 0.717) is 12.3 Å². The third-order valence-electron chi connectivity index (χ3n) is 11.6. The van der Waals surface area contributed by atoms with Gasteiger partial charge in [0.05, 0.1) is 51.8 Å². The first-order chi connectivity index (χ1) is 23.3. The average molecular weight is 731 g/mol. The minimum absolute atomic E-state index is 0.0902. The molecule has 8 rings (SSSR count). The van der Waals surface area contributed by atoms with Crippen LogP contribution in [0.5, 0.6) is 0 Å². The lowest BCUT2D eigenvalue weighted by Gasteiger charge is -2.60. The third-order valence-corrected chi connectivity index (χ3v) is 16.4. The van der Waals surface area contributed by atoms with E-state index in [9.17, 15) is 0 Å². The van der Waals surface area contributed by atoms with Crippen molar-refractivity contribution in [3.05, 3.63) is 0 Å². The van der Waals surface area contributed by atoms with Crippen LogP contribution in [0.15, 0.2) is 0 Å². The molecule has 0 aromatic heterocycles. The molecule has 8 saturated heterocycles. The topological polar surface area (TPSA) is 53.6 Å². The highest BCUT2D eigenvalue weighted by Crippen LogP contribution is 2.44. The highest BCUT2D eigenvalue weighted by atomic mass is 32.2. The number of hydrogen-bond acceptors (Lipinski definition) is 15. The summed E-state index contributed by atoms with van der Waals surface area (Å²) in [6.45, 7) is 18.5. The summed E-state index contributed by atoms with van der Waals surface area (Å²) in [6, 6.07) is 0. The second kappa shape index (κ2) is 16.3. The van der Waals surface area contributed by atoms with Crippen molar-refractivity contribution in [1.29, 1.82) is 0 Å². The fourth-order valence-electron chi connectivity index (χ4n) is 9.23. The molecule has 0 spiro atoms. The molecule has 0 bridgehead atoms. The fraction of sp³-hybridized carbons (Fsp3) is 1.00. The Balaban J connectivity index is 1.04. The van der Waals surface area contributed by atoms with E-state index >= 15 is 0 Å². The number of morpholine rings is 2. The number of rotatable bonds is 8. The molecular formula is C32H58N8O3S4. The molecule has 268 valence electrons. The number of thioether (sulfide) groups is 4. The molecule has 8 aliphatic heterocycles. The number of hydroxylamine groups is 4. The number of nitrogens with zero attached hydrogens (tertiary/aromatic N) is 8. The molecule has 0 aromatic rings. The van der Waals surface area contributed by atoms with E-state index in [1.54, 1.807) is 0 Å². The van der Waals surface area contributed by atoms with Crippen molar-refractivity contribution in [2.45, 2.75) is 48.0 Å². The van der Waals surface area contributed by atoms with Gasteiger partial charge in [0.25, 0.3) is 0 Å². The highest BCUT2D eigenvalue weighted by molar-refractivity contribution is 8.01. The summed E-state index contributed by atoms with van der Waals surface area (Å²) in [7, 11) is 0. The Bertz CT molecular complexity index is 929. The van der Waals surface area contributed by atoms with Gasteiger partial charge in [-0.3, -0.25) is 29.4 Å². The van der Waals surface area contributed by atoms with Crippen LogP contribution in [0.25, 0.3) is 0 Å². The monoisotopic (exact) mass is 730 g/mol. The SMILES string of the molecule is C1CCN(C2COCCN2C2(N3CCSCC3)CN(ON3CCSC(N4CCSCC4)(N4CCOCC4N4CCCC4)C3)CCS2)C1. The van der Waals surface area contributed by atoms with Crippen LogP contribution in [-0.4, -0.2) is 214 Å². The van der Waals surface area contributed by atoms with Crippen LogP contribution in [0.1, 0.15) is 25.7 Å². The average Bonchev–Trinajstić information content (AvgIpc) is 3.89. The van der Waals surface area contributed by atoms with E-state index in [-0.39, 0.29) is 9.99 Å². The van der Waals surface area contributed by atoms with Crippen LogP contribution in [0.4, 0.5) is 0 Å². The van der Waals surface area contributed by atoms with Gasteiger partial charge in [0.2, 0.25) is 0 Å². The first-order valence-corrected chi connectivity index (χ1v) is 22.8. The van der Waals surface area contributed by atoms with E-state index in [4.69, 9.17) is 14.4 Å². The van der Waals surface area contributed by atoms with Crippen LogP contribution in [0.3, 0.4) is 0 Å². The summed E-state index contributed by atoms with van der Waals surface area (Å²) in [6.07, 6.45) is 5.96. The van der Waals surface area contributed by atoms with Gasteiger partial charge in [-0.25, -0.2) is 4.94 Å². The molecule has 0 amide bonds. The van der Waals surface area contributed by atoms with Gasteiger partial charge in [-0.15, -0.1) is 23.5 Å². The lowest BCUT2D eigenvalue weighted by atomic mass is 10.2. The summed E-state index contributed by atoms with van der Waals surface area (Å²) in [5.41, 5.74) is 0. The first-order valence-electron chi connectivity index (χ1n) is 18.5. The predicted octanol–water partition coefficient (Wildman–Crippen LogP) is 1.84. The van der Waals surface area contributed by atoms with Crippen molar-refractivity contribution in [1.82, 2.24) is 39.5 Å². The molecule has 0 saturated carbocycles. The van der Waals surface area contributed by atoms with Gasteiger partial charge in [0, 0.05) is 86.9 Å². The van der Waals surface area contributed by atoms with Gasteiger partial charge in [-0.1, -0.05) is 0 Å². The Morgan fingerprint density at radius 2 is 0.915 bits per heavy atom. The van der Waals surface area contributed by atoms with Crippen molar-refractivity contribution in [2.24, 2.45) is 0 Å². The van der Waals surface area contributed by atoms with E-state index in [0.717, 1.165) is 103 Å². The van der Waals surface area contributed by atoms with Gasteiger partial charge in [-0.05, 0) is 51.9 Å². The Morgan fingerprint density at radius 3 is 1.34 bits per heavy atom. The van der Waals surface area contributed by atoms with Crippen molar-refractivity contribution in [3.63, 3.8) is 0 Å². The van der Waals surface area contributed by atoms with Crippen LogP contribution in [0.2, 0.25) is 0 Å². The Labute approximate surface area is 300 Å². The molecule has 8 aliphatic rings. The van der Waals surface area contributed by atoms with E-state index in [1.807, 2.05) is 0 Å². The normalized spacial score (nSPS) is 39.6. The zero-order valence-electron chi connectivity index (χ0n) is 28.4. The second-order valence-corrected chi connectivity index (χ2v) is 19.3. The van der Waals surface area contributed by atoms with E-state index < -0.39 is 0 Å². The quantitative estimate of drug-likeness (QED) is 0.365. The maximum absolute atomic E-state index is 7.16. The molecule has 4 atom stereocenters. The van der Waals surface area contributed by atoms with Crippen LogP contribution >= 0.6 is 47.0 Å². The smallest absolute Gasteiger partial charge is 0.139 e. The molecule has 0 aromatic carbocycles. The van der Waals surface area contributed by atoms with E-state index in [1.165, 1.54) is 74.9 Å². The minimum Gasteiger partial charge on any atom is -0.377 e. The van der Waals surface area contributed by atoms with Gasteiger partial charge in [0.1, 0.15) is 9.99 Å². The zero-order chi connectivity index (χ0) is 31.5. The van der Waals surface area contributed by atoms with Crippen molar-refractivity contribution >= 4 is 47.0 Å². The summed E-state index contributed by atoms with van der Waals surface area (Å²) in [5.74, 6) is 7.06. The van der Waals surface area contributed by atoms with Gasteiger partial charge < -0.3 is 9.47 Å². The standard InChI is InChI=1S/C32H58N8O3S4/c1-2-6-33(5-1)29-25-41-17-9-39(29)31(35-11-19-44-20-12-35)27-37(15-23-46-31)43-38-16-24-47-32(28-38,36-13-21-45-22-14-36)40-10-18-42-26-30(40)34-7-3-4-8-34/h29-30H,1-28H2. The molecule has 8 heterocycles. The maximum atomic E-state index is 7.16. The lowest BCUT2D eigenvalue weighted by molar-refractivity contribution is -0.344. The predicted molar refractivity (Wildman–Crippen MR) is 197 cm³/mol. The number of hydrogen-bond donors (Lipinski definition) is 0. The van der Waals surface area contributed by atoms with Gasteiger partial charge >= 0.3 is 0 Å². The molecule has 47 heavy (non-hydrogen) atoms. The van der Waals surface area contributed by atoms with Crippen molar-refractivity contribution < 1.29 is 14.4 Å². The molecular weight excluding hydrogens is 673 g/mol. The van der Waals surface area contributed by atoms with Gasteiger partial charge in [0.15, 0.2) is 0 Å². The molecule has 15 heteroatoms. The van der Waals surface area contributed by atoms with Crippen LogP contribution < -0.4 is 0 Å². The Hall–Kier alpha value is 0.960. The highest BCUT2D eigenvalue weighted by Gasteiger charge is 2.54. The van der Waals surface area contributed by atoms with Crippen LogP contribution in [0, 0.1) is 0 Å². The van der Waals surface area contributed by atoms with Crippen LogP contribution in [-0.2, 0) is 14.4 Å². The molecule has 0 aliphatic carbocycles. The fourth-order valence-corrected chi connectivity index (χ4v) is 14.2. The maximum Gasteiger partial charge on any atom is 0.139 e. The second-order valence-electron chi connectivity index (χ2n) is 14.2. The van der Waals surface area contributed by atoms with Crippen molar-refractivity contribution in [2.75, 3.05) is 153 Å². The molecule has 0 N–H and O–H groups in total. The molecule has 8 fully saturated rings. The third kappa shape index (κ3) is 7.44. The van der Waals surface area contributed by atoms with Crippen molar-refractivity contribution in [3.8, 4) is 0 Å². The van der Waals surface area contributed by atoms with Gasteiger partial charge in [-0.2, -0.15) is 33.7 Å². The summed E-state index contributed by atoms with van der Waals surface area (Å²) in [4.78, 5) is 23.8. The Kier molecular flexibility index (Phi) is 12.2. The largest absolute Gasteiger partial charge is 0.377 e. The molecule has 11 nitrogen and oxygen atoms in total. The number of likely N-dealkylation sites (tertiary alicyclic amines) is 2. The summed E-state index contributed by atoms with van der Waals surface area (Å²) in [5, 5.41) is 4.75. The first kappa shape index (κ1) is 35.0. The summed E-state index contributed by atoms with van der Waals surface area (Å²) >= 11 is 8.61. The zero-order valence-corrected chi connectivity index (χ0v) is 31.7. The number of ether oxygens (including phenoxy) is 2. The van der Waals surface area contributed by atoms with E-state index in [2.05, 4.69) is 86.6 Å².